The lowest BCUT2D eigenvalue weighted by Gasteiger charge is -2.05. The molecule has 3 aromatic heterocycles. The van der Waals surface area contributed by atoms with Crippen LogP contribution in [0.15, 0.2) is 70.9 Å². The molecule has 3 N–H and O–H groups in total. The van der Waals surface area contributed by atoms with E-state index in [1.807, 2.05) is 36.4 Å². The maximum Gasteiger partial charge on any atom is 0.244 e. The molecule has 0 radical (unpaired) electrons. The molecule has 1 aromatic carbocycles. The highest BCUT2D eigenvalue weighted by Crippen LogP contribution is 2.39. The number of nitrogens with zero attached hydrogens (tertiary/aromatic N) is 2. The predicted octanol–water partition coefficient (Wildman–Crippen LogP) is 5.03. The number of carbonyl (C=O) groups is 1. The van der Waals surface area contributed by atoms with E-state index in [0.29, 0.717) is 12.4 Å². The van der Waals surface area contributed by atoms with Crippen molar-refractivity contribution in [2.75, 3.05) is 5.73 Å². The van der Waals surface area contributed by atoms with Crippen LogP contribution in [0.2, 0.25) is 0 Å². The van der Waals surface area contributed by atoms with Gasteiger partial charge in [-0.15, -0.1) is 11.3 Å². The number of rotatable bonds is 5. The minimum Gasteiger partial charge on any atom is -0.383 e. The number of thiophene rings is 1. The van der Waals surface area contributed by atoms with Crippen molar-refractivity contribution < 1.29 is 4.79 Å². The van der Waals surface area contributed by atoms with Crippen LogP contribution in [0, 0.1) is 0 Å². The Morgan fingerprint density at radius 3 is 2.69 bits per heavy atom. The van der Waals surface area contributed by atoms with Gasteiger partial charge in [-0.2, -0.15) is 0 Å². The van der Waals surface area contributed by atoms with Crippen LogP contribution < -0.4 is 11.1 Å². The molecule has 0 saturated heterocycles. The van der Waals surface area contributed by atoms with Gasteiger partial charge in [-0.3, -0.25) is 9.78 Å². The Bertz CT molecular complexity index is 1190. The molecule has 29 heavy (non-hydrogen) atoms. The molecule has 0 spiro atoms. The van der Waals surface area contributed by atoms with E-state index in [2.05, 4.69) is 36.6 Å². The summed E-state index contributed by atoms with van der Waals surface area (Å²) in [5.41, 5.74) is 10.2. The number of carbonyl (C=O) groups excluding carboxylic acids is 1. The van der Waals surface area contributed by atoms with E-state index in [4.69, 9.17) is 5.73 Å². The number of nitrogens with one attached hydrogen (secondary N) is 1. The highest BCUT2D eigenvalue weighted by molar-refractivity contribution is 9.10. The van der Waals surface area contributed by atoms with Gasteiger partial charge >= 0.3 is 0 Å². The summed E-state index contributed by atoms with van der Waals surface area (Å²) >= 11 is 5.06. The van der Waals surface area contributed by atoms with Gasteiger partial charge < -0.3 is 11.1 Å². The van der Waals surface area contributed by atoms with Crippen molar-refractivity contribution in [3.8, 4) is 11.1 Å². The largest absolute Gasteiger partial charge is 0.383 e. The van der Waals surface area contributed by atoms with E-state index in [1.165, 1.54) is 6.08 Å². The maximum absolute atomic E-state index is 12.2. The van der Waals surface area contributed by atoms with Gasteiger partial charge in [0.15, 0.2) is 0 Å². The molecule has 3 heterocycles. The molecule has 0 bridgehead atoms. The first-order valence-corrected chi connectivity index (χ1v) is 10.6. The smallest absolute Gasteiger partial charge is 0.244 e. The van der Waals surface area contributed by atoms with E-state index < -0.39 is 0 Å². The lowest BCUT2D eigenvalue weighted by Crippen LogP contribution is -2.20. The van der Waals surface area contributed by atoms with Crippen molar-refractivity contribution in [3.05, 3.63) is 82.0 Å². The number of nitrogen functional groups attached to an aromatic ring is 1. The van der Waals surface area contributed by atoms with Crippen molar-refractivity contribution in [1.82, 2.24) is 15.3 Å². The number of pyridine rings is 2. The number of hydrogen-bond donors (Lipinski definition) is 2. The summed E-state index contributed by atoms with van der Waals surface area (Å²) in [5.74, 6) is 0.315. The summed E-state index contributed by atoms with van der Waals surface area (Å²) in [7, 11) is 0. The molecule has 144 valence electrons. The second-order valence-corrected chi connectivity index (χ2v) is 8.16. The predicted molar refractivity (Wildman–Crippen MR) is 122 cm³/mol. The van der Waals surface area contributed by atoms with Crippen LogP contribution in [-0.2, 0) is 11.3 Å². The van der Waals surface area contributed by atoms with E-state index in [1.54, 1.807) is 36.0 Å². The van der Waals surface area contributed by atoms with Crippen LogP contribution in [0.25, 0.3) is 27.3 Å². The lowest BCUT2D eigenvalue weighted by atomic mass is 10.0. The molecule has 0 fully saturated rings. The number of amides is 1. The second-order valence-electron chi connectivity index (χ2n) is 6.37. The molecule has 4 rings (SSSR count). The number of hydrogen-bond acceptors (Lipinski definition) is 5. The number of nitrogens with two attached hydrogens (primary N) is 1. The third-order valence-electron chi connectivity index (χ3n) is 4.44. The topological polar surface area (TPSA) is 80.9 Å². The van der Waals surface area contributed by atoms with Gasteiger partial charge in [-0.1, -0.05) is 28.1 Å². The molecule has 7 heteroatoms. The summed E-state index contributed by atoms with van der Waals surface area (Å²) in [6, 6.07) is 11.8. The number of benzene rings is 1. The summed E-state index contributed by atoms with van der Waals surface area (Å²) in [6.45, 7) is 0.452. The first-order chi connectivity index (χ1) is 14.1. The number of aromatic nitrogens is 2. The van der Waals surface area contributed by atoms with Crippen molar-refractivity contribution in [2.24, 2.45) is 0 Å². The summed E-state index contributed by atoms with van der Waals surface area (Å²) in [4.78, 5) is 20.5. The number of halogens is 1. The molecular weight excluding hydrogens is 448 g/mol. The van der Waals surface area contributed by atoms with Crippen LogP contribution in [-0.4, -0.2) is 15.9 Å². The average molecular weight is 465 g/mol. The number of anilines is 1. The molecule has 5 nitrogen and oxygen atoms in total. The molecule has 0 aliphatic heterocycles. The molecular formula is C22H17BrN4OS. The van der Waals surface area contributed by atoms with Crippen LogP contribution in [0.1, 0.15) is 11.1 Å². The fourth-order valence-corrected chi connectivity index (χ4v) is 4.30. The van der Waals surface area contributed by atoms with Crippen LogP contribution >= 0.6 is 27.3 Å². The molecule has 0 unspecified atom stereocenters. The lowest BCUT2D eigenvalue weighted by molar-refractivity contribution is -0.116. The van der Waals surface area contributed by atoms with Crippen molar-refractivity contribution >= 4 is 55.2 Å². The molecule has 0 atom stereocenters. The van der Waals surface area contributed by atoms with Gasteiger partial charge in [-0.25, -0.2) is 4.98 Å². The van der Waals surface area contributed by atoms with Crippen molar-refractivity contribution in [1.29, 1.82) is 0 Å². The zero-order valence-corrected chi connectivity index (χ0v) is 17.7. The van der Waals surface area contributed by atoms with Gasteiger partial charge in [0.05, 0.1) is 0 Å². The standard InChI is InChI=1S/C22H17BrN4OS/c23-17-4-1-15(2-5-17)18-13-29-21-16(12-27-22(24)20(18)21)3-6-19(28)26-11-14-7-9-25-10-8-14/h1-10,12-13H,11H2,(H2,24,27)(H,26,28). The molecule has 0 saturated carbocycles. The van der Waals surface area contributed by atoms with Crippen LogP contribution in [0.4, 0.5) is 5.82 Å². The molecule has 4 aromatic rings. The minimum absolute atomic E-state index is 0.170. The highest BCUT2D eigenvalue weighted by atomic mass is 79.9. The van der Waals surface area contributed by atoms with E-state index in [-0.39, 0.29) is 5.91 Å². The average Bonchev–Trinajstić information content (AvgIpc) is 3.19. The van der Waals surface area contributed by atoms with Crippen molar-refractivity contribution in [3.63, 3.8) is 0 Å². The summed E-state index contributed by atoms with van der Waals surface area (Å²) in [5, 5.41) is 5.86. The van der Waals surface area contributed by atoms with E-state index >= 15 is 0 Å². The molecule has 0 aliphatic rings. The third-order valence-corrected chi connectivity index (χ3v) is 6.00. The highest BCUT2D eigenvalue weighted by Gasteiger charge is 2.13. The van der Waals surface area contributed by atoms with Gasteiger partial charge in [0.1, 0.15) is 5.82 Å². The first-order valence-electron chi connectivity index (χ1n) is 8.88. The van der Waals surface area contributed by atoms with Crippen LogP contribution in [0.5, 0.6) is 0 Å². The Labute approximate surface area is 180 Å². The maximum atomic E-state index is 12.2. The Balaban J connectivity index is 1.58. The fraction of sp³-hybridized carbons (Fsp3) is 0.0455. The second kappa shape index (κ2) is 8.55. The number of fused-ring (bicyclic) bond motifs is 1. The Morgan fingerprint density at radius 2 is 1.93 bits per heavy atom. The van der Waals surface area contributed by atoms with E-state index in [9.17, 15) is 4.79 Å². The molecule has 1 amide bonds. The summed E-state index contributed by atoms with van der Waals surface area (Å²) in [6.07, 6.45) is 8.40. The SMILES string of the molecule is Nc1ncc(C=CC(=O)NCc2ccncc2)c2scc(-c3ccc(Br)cc3)c12. The minimum atomic E-state index is -0.170. The Morgan fingerprint density at radius 1 is 1.17 bits per heavy atom. The third kappa shape index (κ3) is 4.36. The summed E-state index contributed by atoms with van der Waals surface area (Å²) < 4.78 is 2.03. The van der Waals surface area contributed by atoms with Crippen LogP contribution in [0.3, 0.4) is 0 Å². The van der Waals surface area contributed by atoms with Crippen molar-refractivity contribution in [2.45, 2.75) is 6.54 Å². The zero-order chi connectivity index (χ0) is 20.2. The van der Waals surface area contributed by atoms with Gasteiger partial charge in [-0.05, 0) is 46.8 Å². The Kier molecular flexibility index (Phi) is 5.69. The first kappa shape index (κ1) is 19.3. The van der Waals surface area contributed by atoms with Gasteiger partial charge in [0.2, 0.25) is 5.91 Å². The van der Waals surface area contributed by atoms with Gasteiger partial charge in [0.25, 0.3) is 0 Å². The zero-order valence-electron chi connectivity index (χ0n) is 15.3. The fourth-order valence-electron chi connectivity index (χ4n) is 2.96. The molecule has 0 aliphatic carbocycles. The monoisotopic (exact) mass is 464 g/mol. The quantitative estimate of drug-likeness (QED) is 0.405. The normalized spacial score (nSPS) is 11.2. The van der Waals surface area contributed by atoms with E-state index in [0.717, 1.165) is 36.8 Å². The Hall–Kier alpha value is -3.03. The van der Waals surface area contributed by atoms with Gasteiger partial charge in [0, 0.05) is 56.9 Å².